The molecule has 2 fully saturated rings. The second-order valence-corrected chi connectivity index (χ2v) is 10.8. The highest BCUT2D eigenvalue weighted by atomic mass is 16.5. The standard InChI is InChI=1S/C32H34N4O3/c1-22-5-10-29(31(37)34-22)36-20-28-27(32(36)38)3-2-4-30(28)39-21-24-8-6-23(7-9-24)19-35-17-13-26(14-18-35)25-11-15-33-16-12-25/h2-4,6-9,11-12,15-16,26,29H,1,5,10,13-14,17-21H2,(H,34,37). The Bertz CT molecular complexity index is 1360. The van der Waals surface area contributed by atoms with Crippen LogP contribution in [-0.2, 0) is 24.5 Å². The van der Waals surface area contributed by atoms with E-state index in [1.54, 1.807) is 4.90 Å². The van der Waals surface area contributed by atoms with E-state index in [0.717, 1.165) is 30.8 Å². The first-order chi connectivity index (χ1) is 19.0. The molecule has 39 heavy (non-hydrogen) atoms. The van der Waals surface area contributed by atoms with Gasteiger partial charge in [-0.25, -0.2) is 0 Å². The van der Waals surface area contributed by atoms with Gasteiger partial charge in [-0.05, 0) is 85.6 Å². The predicted octanol–water partition coefficient (Wildman–Crippen LogP) is 4.79. The molecule has 0 aliphatic carbocycles. The number of likely N-dealkylation sites (tertiary alicyclic amines) is 1. The van der Waals surface area contributed by atoms with Crippen molar-refractivity contribution in [2.75, 3.05) is 13.1 Å². The Hall–Kier alpha value is -3.97. The monoisotopic (exact) mass is 522 g/mol. The number of rotatable bonds is 7. The third-order valence-electron chi connectivity index (χ3n) is 8.24. The van der Waals surface area contributed by atoms with Crippen LogP contribution in [0.15, 0.2) is 79.3 Å². The summed E-state index contributed by atoms with van der Waals surface area (Å²) in [6.45, 7) is 7.80. The number of pyridine rings is 1. The van der Waals surface area contributed by atoms with Crippen molar-refractivity contribution < 1.29 is 14.3 Å². The molecule has 3 aliphatic heterocycles. The number of aromatic nitrogens is 1. The van der Waals surface area contributed by atoms with Gasteiger partial charge < -0.3 is 15.0 Å². The van der Waals surface area contributed by atoms with Gasteiger partial charge in [0.1, 0.15) is 18.4 Å². The Labute approximate surface area is 229 Å². The predicted molar refractivity (Wildman–Crippen MR) is 149 cm³/mol. The topological polar surface area (TPSA) is 74.8 Å². The summed E-state index contributed by atoms with van der Waals surface area (Å²) >= 11 is 0. The number of amides is 2. The van der Waals surface area contributed by atoms with E-state index in [1.165, 1.54) is 24.0 Å². The molecule has 0 radical (unpaired) electrons. The lowest BCUT2D eigenvalue weighted by Gasteiger charge is -2.32. The largest absolute Gasteiger partial charge is 0.489 e. The van der Waals surface area contributed by atoms with Gasteiger partial charge in [0.05, 0.1) is 6.54 Å². The van der Waals surface area contributed by atoms with Crippen LogP contribution in [0.25, 0.3) is 0 Å². The number of carbonyl (C=O) groups is 2. The lowest BCUT2D eigenvalue weighted by molar-refractivity contribution is -0.126. The number of fused-ring (bicyclic) bond motifs is 1. The van der Waals surface area contributed by atoms with Crippen LogP contribution in [0.4, 0.5) is 0 Å². The first-order valence-electron chi connectivity index (χ1n) is 13.8. The lowest BCUT2D eigenvalue weighted by atomic mass is 9.90. The van der Waals surface area contributed by atoms with Crippen molar-refractivity contribution in [3.63, 3.8) is 0 Å². The zero-order chi connectivity index (χ0) is 26.8. The average molecular weight is 523 g/mol. The molecule has 7 heteroatoms. The van der Waals surface area contributed by atoms with Gasteiger partial charge in [0.2, 0.25) is 5.91 Å². The van der Waals surface area contributed by atoms with Crippen LogP contribution in [0.1, 0.15) is 64.2 Å². The second kappa shape index (κ2) is 11.0. The van der Waals surface area contributed by atoms with E-state index >= 15 is 0 Å². The maximum absolute atomic E-state index is 13.1. The molecule has 1 aromatic heterocycles. The maximum Gasteiger partial charge on any atom is 0.255 e. The molecule has 200 valence electrons. The third-order valence-corrected chi connectivity index (χ3v) is 8.24. The molecule has 6 rings (SSSR count). The average Bonchev–Trinajstić information content (AvgIpc) is 3.30. The molecule has 1 N–H and O–H groups in total. The van der Waals surface area contributed by atoms with E-state index in [-0.39, 0.29) is 11.8 Å². The fourth-order valence-electron chi connectivity index (χ4n) is 5.99. The molecular formula is C32H34N4O3. The number of nitrogens with zero attached hydrogens (tertiary/aromatic N) is 3. The molecule has 2 aromatic carbocycles. The molecule has 1 atom stereocenters. The van der Waals surface area contributed by atoms with Crippen LogP contribution in [-0.4, -0.2) is 45.7 Å². The van der Waals surface area contributed by atoms with Crippen molar-refractivity contribution in [2.24, 2.45) is 0 Å². The first kappa shape index (κ1) is 25.3. The molecule has 0 saturated carbocycles. The SMILES string of the molecule is C=C1CCC(N2Cc3c(OCc4ccc(CN5CCC(c6ccncc6)CC5)cc4)cccc3C2=O)C(=O)N1. The van der Waals surface area contributed by atoms with E-state index in [0.29, 0.717) is 48.9 Å². The van der Waals surface area contributed by atoms with Crippen molar-refractivity contribution in [1.29, 1.82) is 0 Å². The van der Waals surface area contributed by atoms with Crippen LogP contribution in [0.2, 0.25) is 0 Å². The zero-order valence-electron chi connectivity index (χ0n) is 22.1. The molecule has 2 amide bonds. The summed E-state index contributed by atoms with van der Waals surface area (Å²) in [6, 6.07) is 18.0. The Morgan fingerprint density at radius 3 is 2.44 bits per heavy atom. The van der Waals surface area contributed by atoms with Crippen molar-refractivity contribution in [3.05, 3.63) is 107 Å². The highest BCUT2D eigenvalue weighted by molar-refractivity contribution is 6.02. The van der Waals surface area contributed by atoms with Gasteiger partial charge in [-0.2, -0.15) is 0 Å². The maximum atomic E-state index is 13.1. The van der Waals surface area contributed by atoms with Crippen molar-refractivity contribution in [2.45, 2.75) is 57.3 Å². The highest BCUT2D eigenvalue weighted by Crippen LogP contribution is 2.34. The molecule has 3 aliphatic rings. The Morgan fingerprint density at radius 1 is 0.949 bits per heavy atom. The molecule has 2 saturated heterocycles. The van der Waals surface area contributed by atoms with E-state index in [2.05, 4.69) is 58.2 Å². The minimum Gasteiger partial charge on any atom is -0.489 e. The quantitative estimate of drug-likeness (QED) is 0.483. The number of nitrogens with one attached hydrogen (secondary N) is 1. The summed E-state index contributed by atoms with van der Waals surface area (Å²) in [5.74, 6) is 1.06. The van der Waals surface area contributed by atoms with Gasteiger partial charge in [-0.1, -0.05) is 36.9 Å². The van der Waals surface area contributed by atoms with Crippen molar-refractivity contribution >= 4 is 11.8 Å². The van der Waals surface area contributed by atoms with E-state index in [1.807, 2.05) is 30.6 Å². The third kappa shape index (κ3) is 5.45. The van der Waals surface area contributed by atoms with Crippen molar-refractivity contribution in [3.8, 4) is 5.75 Å². The van der Waals surface area contributed by atoms with E-state index in [9.17, 15) is 9.59 Å². The summed E-state index contributed by atoms with van der Waals surface area (Å²) < 4.78 is 6.20. The summed E-state index contributed by atoms with van der Waals surface area (Å²) in [5, 5.41) is 2.79. The normalized spacial score (nSPS) is 20.2. The lowest BCUT2D eigenvalue weighted by Crippen LogP contribution is -2.49. The van der Waals surface area contributed by atoms with Gasteiger partial charge in [0, 0.05) is 35.8 Å². The van der Waals surface area contributed by atoms with E-state index < -0.39 is 6.04 Å². The first-order valence-corrected chi connectivity index (χ1v) is 13.8. The summed E-state index contributed by atoms with van der Waals surface area (Å²) in [4.78, 5) is 33.9. The number of ether oxygens (including phenoxy) is 1. The fraction of sp³-hybridized carbons (Fsp3) is 0.344. The number of piperidine rings is 2. The molecule has 4 heterocycles. The second-order valence-electron chi connectivity index (χ2n) is 10.8. The molecule has 1 unspecified atom stereocenters. The zero-order valence-corrected chi connectivity index (χ0v) is 22.1. The number of carbonyl (C=O) groups excluding carboxylic acids is 2. The number of benzene rings is 2. The molecule has 7 nitrogen and oxygen atoms in total. The highest BCUT2D eigenvalue weighted by Gasteiger charge is 2.39. The molecule has 0 bridgehead atoms. The summed E-state index contributed by atoms with van der Waals surface area (Å²) in [6.07, 6.45) is 7.41. The van der Waals surface area contributed by atoms with Crippen LogP contribution in [0.3, 0.4) is 0 Å². The fourth-order valence-corrected chi connectivity index (χ4v) is 5.99. The van der Waals surface area contributed by atoms with Crippen LogP contribution >= 0.6 is 0 Å². The van der Waals surface area contributed by atoms with Gasteiger partial charge in [-0.3, -0.25) is 19.5 Å². The Balaban J connectivity index is 1.03. The van der Waals surface area contributed by atoms with E-state index in [4.69, 9.17) is 4.74 Å². The summed E-state index contributed by atoms with van der Waals surface area (Å²) in [5.41, 5.74) is 5.97. The number of allylic oxidation sites excluding steroid dienone is 1. The molecule has 0 spiro atoms. The van der Waals surface area contributed by atoms with Crippen LogP contribution in [0, 0.1) is 0 Å². The number of hydrogen-bond acceptors (Lipinski definition) is 5. The minimum absolute atomic E-state index is 0.114. The Kier molecular flexibility index (Phi) is 7.16. The molecule has 3 aromatic rings. The van der Waals surface area contributed by atoms with Gasteiger partial charge >= 0.3 is 0 Å². The van der Waals surface area contributed by atoms with Gasteiger partial charge in [0.15, 0.2) is 0 Å². The molecular weight excluding hydrogens is 488 g/mol. The van der Waals surface area contributed by atoms with Crippen LogP contribution in [0.5, 0.6) is 5.75 Å². The van der Waals surface area contributed by atoms with Gasteiger partial charge in [0.25, 0.3) is 5.91 Å². The Morgan fingerprint density at radius 2 is 1.69 bits per heavy atom. The number of hydrogen-bond donors (Lipinski definition) is 1. The van der Waals surface area contributed by atoms with Crippen molar-refractivity contribution in [1.82, 2.24) is 20.1 Å². The summed E-state index contributed by atoms with van der Waals surface area (Å²) in [7, 11) is 0. The minimum atomic E-state index is -0.475. The smallest absolute Gasteiger partial charge is 0.255 e. The van der Waals surface area contributed by atoms with Crippen LogP contribution < -0.4 is 10.1 Å². The van der Waals surface area contributed by atoms with Gasteiger partial charge in [-0.15, -0.1) is 0 Å².